The van der Waals surface area contributed by atoms with Gasteiger partial charge in [0, 0.05) is 31.7 Å². The highest BCUT2D eigenvalue weighted by atomic mass is 16.2. The molecule has 2 rings (SSSR count). The van der Waals surface area contributed by atoms with Gasteiger partial charge in [-0.1, -0.05) is 6.07 Å². The molecule has 0 unspecified atom stereocenters. The van der Waals surface area contributed by atoms with Crippen LogP contribution < -0.4 is 5.32 Å². The largest absolute Gasteiger partial charge is 0.336 e. The van der Waals surface area contributed by atoms with E-state index in [2.05, 4.69) is 11.4 Å². The number of nitriles is 1. The van der Waals surface area contributed by atoms with Crippen molar-refractivity contribution in [2.45, 2.75) is 6.92 Å². The van der Waals surface area contributed by atoms with Crippen LogP contribution in [-0.4, -0.2) is 37.0 Å². The predicted octanol–water partition coefficient (Wildman–Crippen LogP) is 0.912. The Labute approximate surface area is 101 Å². The molecule has 1 heterocycles. The molecule has 0 aliphatic carbocycles. The van der Waals surface area contributed by atoms with Crippen molar-refractivity contribution in [3.8, 4) is 6.07 Å². The quantitative estimate of drug-likeness (QED) is 0.778. The van der Waals surface area contributed by atoms with Gasteiger partial charge in [0.15, 0.2) is 0 Å². The van der Waals surface area contributed by atoms with Crippen molar-refractivity contribution >= 4 is 5.91 Å². The van der Waals surface area contributed by atoms with E-state index in [4.69, 9.17) is 5.26 Å². The molecule has 1 fully saturated rings. The minimum absolute atomic E-state index is 0.0167. The lowest BCUT2D eigenvalue weighted by atomic mass is 10.1. The topological polar surface area (TPSA) is 56.1 Å². The van der Waals surface area contributed by atoms with E-state index in [9.17, 15) is 4.79 Å². The number of aryl methyl sites for hydroxylation is 1. The van der Waals surface area contributed by atoms with E-state index in [0.717, 1.165) is 31.7 Å². The van der Waals surface area contributed by atoms with Crippen molar-refractivity contribution in [1.82, 2.24) is 10.2 Å². The first kappa shape index (κ1) is 11.6. The number of hydrogen-bond acceptors (Lipinski definition) is 3. The minimum atomic E-state index is 0.0167. The molecule has 0 aromatic heterocycles. The Bertz CT molecular complexity index is 470. The third-order valence-electron chi connectivity index (χ3n) is 3.01. The molecule has 0 saturated carbocycles. The fourth-order valence-electron chi connectivity index (χ4n) is 1.93. The molecule has 0 spiro atoms. The Hall–Kier alpha value is -1.86. The maximum atomic E-state index is 12.2. The van der Waals surface area contributed by atoms with Crippen molar-refractivity contribution < 1.29 is 4.79 Å². The number of carbonyl (C=O) groups excluding carboxylic acids is 1. The van der Waals surface area contributed by atoms with Gasteiger partial charge in [0.25, 0.3) is 5.91 Å². The summed E-state index contributed by atoms with van der Waals surface area (Å²) in [6.45, 7) is 5.01. The average molecular weight is 229 g/mol. The molecule has 1 N–H and O–H groups in total. The Morgan fingerprint density at radius 2 is 2.12 bits per heavy atom. The van der Waals surface area contributed by atoms with E-state index in [1.807, 2.05) is 17.9 Å². The molecule has 1 aromatic carbocycles. The number of amides is 1. The number of hydrogen-bond donors (Lipinski definition) is 1. The SMILES string of the molecule is Cc1ccc(C(=O)N2CCNCC2)cc1C#N. The van der Waals surface area contributed by atoms with Gasteiger partial charge < -0.3 is 10.2 Å². The Kier molecular flexibility index (Phi) is 3.40. The first-order valence-corrected chi connectivity index (χ1v) is 5.73. The molecule has 1 saturated heterocycles. The van der Waals surface area contributed by atoms with Gasteiger partial charge in [-0.3, -0.25) is 4.79 Å². The Balaban J connectivity index is 2.22. The Morgan fingerprint density at radius 1 is 1.41 bits per heavy atom. The van der Waals surface area contributed by atoms with Crippen LogP contribution in [-0.2, 0) is 0 Å². The van der Waals surface area contributed by atoms with E-state index >= 15 is 0 Å². The molecule has 4 heteroatoms. The number of piperazine rings is 1. The number of carbonyl (C=O) groups is 1. The first-order chi connectivity index (χ1) is 8.22. The Morgan fingerprint density at radius 3 is 2.76 bits per heavy atom. The molecule has 1 aliphatic rings. The van der Waals surface area contributed by atoms with Crippen LogP contribution in [0.1, 0.15) is 21.5 Å². The monoisotopic (exact) mass is 229 g/mol. The summed E-state index contributed by atoms with van der Waals surface area (Å²) in [7, 11) is 0. The summed E-state index contributed by atoms with van der Waals surface area (Å²) in [6.07, 6.45) is 0. The van der Waals surface area contributed by atoms with Crippen molar-refractivity contribution in [3.05, 3.63) is 34.9 Å². The molecule has 0 radical (unpaired) electrons. The second kappa shape index (κ2) is 4.98. The van der Waals surface area contributed by atoms with Crippen molar-refractivity contribution in [3.63, 3.8) is 0 Å². The highest BCUT2D eigenvalue weighted by Crippen LogP contribution is 2.12. The molecule has 0 bridgehead atoms. The van der Waals surface area contributed by atoms with E-state index in [0.29, 0.717) is 11.1 Å². The summed E-state index contributed by atoms with van der Waals surface area (Å²) in [4.78, 5) is 14.0. The zero-order valence-corrected chi connectivity index (χ0v) is 9.86. The van der Waals surface area contributed by atoms with Gasteiger partial charge in [0.2, 0.25) is 0 Å². The zero-order valence-electron chi connectivity index (χ0n) is 9.86. The van der Waals surface area contributed by atoms with E-state index < -0.39 is 0 Å². The standard InChI is InChI=1S/C13H15N3O/c1-10-2-3-11(8-12(10)9-14)13(17)16-6-4-15-5-7-16/h2-3,8,15H,4-7H2,1H3. The lowest BCUT2D eigenvalue weighted by Gasteiger charge is -2.27. The normalized spacial score (nSPS) is 15.4. The van der Waals surface area contributed by atoms with Gasteiger partial charge in [0.1, 0.15) is 0 Å². The number of nitrogens with zero attached hydrogens (tertiary/aromatic N) is 2. The first-order valence-electron chi connectivity index (χ1n) is 5.73. The molecule has 1 aromatic rings. The molecule has 4 nitrogen and oxygen atoms in total. The molecule has 88 valence electrons. The molecule has 1 aliphatic heterocycles. The van der Waals surface area contributed by atoms with Gasteiger partial charge in [-0.25, -0.2) is 0 Å². The summed E-state index contributed by atoms with van der Waals surface area (Å²) >= 11 is 0. The highest BCUT2D eigenvalue weighted by molar-refractivity contribution is 5.94. The fraction of sp³-hybridized carbons (Fsp3) is 0.385. The predicted molar refractivity (Wildman–Crippen MR) is 64.7 cm³/mol. The maximum Gasteiger partial charge on any atom is 0.253 e. The van der Waals surface area contributed by atoms with E-state index in [1.54, 1.807) is 12.1 Å². The van der Waals surface area contributed by atoms with Crippen LogP contribution in [0.4, 0.5) is 0 Å². The fourth-order valence-corrected chi connectivity index (χ4v) is 1.93. The van der Waals surface area contributed by atoms with Crippen molar-refractivity contribution in [2.24, 2.45) is 0 Å². The van der Waals surface area contributed by atoms with Crippen LogP contribution in [0.3, 0.4) is 0 Å². The summed E-state index contributed by atoms with van der Waals surface area (Å²) in [5.74, 6) is 0.0167. The number of rotatable bonds is 1. The molecule has 1 amide bonds. The van der Waals surface area contributed by atoms with Gasteiger partial charge in [0.05, 0.1) is 11.6 Å². The van der Waals surface area contributed by atoms with Crippen LogP contribution in [0.5, 0.6) is 0 Å². The lowest BCUT2D eigenvalue weighted by Crippen LogP contribution is -2.46. The molecular weight excluding hydrogens is 214 g/mol. The van der Waals surface area contributed by atoms with E-state index in [1.165, 1.54) is 0 Å². The summed E-state index contributed by atoms with van der Waals surface area (Å²) in [5, 5.41) is 12.2. The van der Waals surface area contributed by atoms with Gasteiger partial charge >= 0.3 is 0 Å². The van der Waals surface area contributed by atoms with Crippen LogP contribution in [0.15, 0.2) is 18.2 Å². The van der Waals surface area contributed by atoms with E-state index in [-0.39, 0.29) is 5.91 Å². The third-order valence-corrected chi connectivity index (χ3v) is 3.01. The second-order valence-electron chi connectivity index (χ2n) is 4.18. The molecule has 17 heavy (non-hydrogen) atoms. The average Bonchev–Trinajstić information content (AvgIpc) is 2.39. The lowest BCUT2D eigenvalue weighted by molar-refractivity contribution is 0.0736. The number of benzene rings is 1. The number of nitrogens with one attached hydrogen (secondary N) is 1. The minimum Gasteiger partial charge on any atom is -0.336 e. The van der Waals surface area contributed by atoms with Gasteiger partial charge in [-0.15, -0.1) is 0 Å². The zero-order chi connectivity index (χ0) is 12.3. The third kappa shape index (κ3) is 2.45. The maximum absolute atomic E-state index is 12.2. The second-order valence-corrected chi connectivity index (χ2v) is 4.18. The highest BCUT2D eigenvalue weighted by Gasteiger charge is 2.18. The van der Waals surface area contributed by atoms with Crippen LogP contribution in [0, 0.1) is 18.3 Å². The van der Waals surface area contributed by atoms with Crippen LogP contribution in [0.25, 0.3) is 0 Å². The van der Waals surface area contributed by atoms with Crippen LogP contribution >= 0.6 is 0 Å². The van der Waals surface area contributed by atoms with Crippen molar-refractivity contribution in [1.29, 1.82) is 5.26 Å². The van der Waals surface area contributed by atoms with Crippen LogP contribution in [0.2, 0.25) is 0 Å². The summed E-state index contributed by atoms with van der Waals surface area (Å²) < 4.78 is 0. The summed E-state index contributed by atoms with van der Waals surface area (Å²) in [5.41, 5.74) is 2.09. The summed E-state index contributed by atoms with van der Waals surface area (Å²) in [6, 6.07) is 7.41. The van der Waals surface area contributed by atoms with Crippen molar-refractivity contribution in [2.75, 3.05) is 26.2 Å². The van der Waals surface area contributed by atoms with Gasteiger partial charge in [-0.2, -0.15) is 5.26 Å². The molecule has 0 atom stereocenters. The smallest absolute Gasteiger partial charge is 0.253 e. The van der Waals surface area contributed by atoms with Gasteiger partial charge in [-0.05, 0) is 24.6 Å². The molecular formula is C13H15N3O.